The number of rotatable bonds is 6. The number of hydrogen-bond donors (Lipinski definition) is 1. The van der Waals surface area contributed by atoms with E-state index in [0.29, 0.717) is 11.3 Å². The number of amides is 1. The number of sulfonamides is 1. The van der Waals surface area contributed by atoms with Crippen LogP contribution in [0.4, 0.5) is 5.69 Å². The van der Waals surface area contributed by atoms with Gasteiger partial charge in [0.15, 0.2) is 0 Å². The number of benzene rings is 3. The fourth-order valence-electron chi connectivity index (χ4n) is 3.59. The van der Waals surface area contributed by atoms with E-state index in [1.807, 2.05) is 52.0 Å². The molecule has 6 heteroatoms. The van der Waals surface area contributed by atoms with Crippen LogP contribution in [0.2, 0.25) is 0 Å². The molecule has 0 unspecified atom stereocenters. The average molecular weight is 437 g/mol. The van der Waals surface area contributed by atoms with Gasteiger partial charge in [0.25, 0.3) is 15.9 Å². The van der Waals surface area contributed by atoms with E-state index in [0.717, 1.165) is 22.3 Å². The van der Waals surface area contributed by atoms with Crippen molar-refractivity contribution in [3.8, 4) is 0 Å². The molecule has 1 N–H and O–H groups in total. The molecule has 0 aliphatic heterocycles. The Morgan fingerprint density at radius 3 is 2.32 bits per heavy atom. The van der Waals surface area contributed by atoms with E-state index < -0.39 is 10.0 Å². The molecule has 31 heavy (non-hydrogen) atoms. The Bertz CT molecular complexity index is 1220. The summed E-state index contributed by atoms with van der Waals surface area (Å²) in [7, 11) is -2.29. The van der Waals surface area contributed by atoms with E-state index in [2.05, 4.69) is 11.4 Å². The molecule has 1 amide bonds. The summed E-state index contributed by atoms with van der Waals surface area (Å²) in [5.41, 5.74) is 5.00. The number of nitrogens with one attached hydrogen (secondary N) is 1. The van der Waals surface area contributed by atoms with Crippen molar-refractivity contribution in [1.29, 1.82) is 0 Å². The minimum atomic E-state index is -3.81. The molecule has 0 saturated heterocycles. The summed E-state index contributed by atoms with van der Waals surface area (Å²) in [6.45, 7) is 7.80. The van der Waals surface area contributed by atoms with E-state index in [4.69, 9.17) is 0 Å². The second-order valence-electron chi connectivity index (χ2n) is 7.84. The van der Waals surface area contributed by atoms with Crippen molar-refractivity contribution in [1.82, 2.24) is 5.32 Å². The molecule has 0 saturated carbocycles. The molecule has 0 heterocycles. The third-order valence-corrected chi connectivity index (χ3v) is 7.23. The van der Waals surface area contributed by atoms with E-state index in [9.17, 15) is 13.2 Å². The molecule has 3 rings (SSSR count). The molecule has 0 radical (unpaired) electrons. The molecule has 162 valence electrons. The van der Waals surface area contributed by atoms with Gasteiger partial charge in [0, 0.05) is 12.6 Å². The second-order valence-corrected chi connectivity index (χ2v) is 9.81. The lowest BCUT2D eigenvalue weighted by molar-refractivity contribution is 0.0939. The van der Waals surface area contributed by atoms with E-state index >= 15 is 0 Å². The lowest BCUT2D eigenvalue weighted by Gasteiger charge is -2.22. The molecule has 0 fully saturated rings. The van der Waals surface area contributed by atoms with Crippen LogP contribution in [-0.4, -0.2) is 21.4 Å². The summed E-state index contributed by atoms with van der Waals surface area (Å²) in [6, 6.07) is 19.3. The van der Waals surface area contributed by atoms with Crippen LogP contribution < -0.4 is 9.62 Å². The number of carbonyl (C=O) groups is 1. The van der Waals surface area contributed by atoms with Crippen LogP contribution in [0.15, 0.2) is 71.6 Å². The standard InChI is InChI=1S/C25H28N2O3S/c1-17-13-14-18(2)23(15-17)20(4)26-25(28)21-10-8-11-22(16-21)31(29,30)27(5)24-12-7-6-9-19(24)3/h6-16,20H,1-5H3,(H,26,28)/t20-/m0/s1. The molecule has 0 bridgehead atoms. The van der Waals surface area contributed by atoms with Gasteiger partial charge in [0.2, 0.25) is 0 Å². The van der Waals surface area contributed by atoms with Gasteiger partial charge in [-0.25, -0.2) is 8.42 Å². The van der Waals surface area contributed by atoms with E-state index in [1.165, 1.54) is 23.5 Å². The first-order valence-electron chi connectivity index (χ1n) is 10.1. The van der Waals surface area contributed by atoms with Gasteiger partial charge >= 0.3 is 0 Å². The fraction of sp³-hybridized carbons (Fsp3) is 0.240. The van der Waals surface area contributed by atoms with Crippen molar-refractivity contribution in [3.05, 3.63) is 94.5 Å². The lowest BCUT2D eigenvalue weighted by Crippen LogP contribution is -2.29. The zero-order valence-electron chi connectivity index (χ0n) is 18.5. The van der Waals surface area contributed by atoms with Gasteiger partial charge in [0.05, 0.1) is 16.6 Å². The van der Waals surface area contributed by atoms with Crippen molar-refractivity contribution in [2.24, 2.45) is 0 Å². The van der Waals surface area contributed by atoms with Crippen molar-refractivity contribution in [3.63, 3.8) is 0 Å². The maximum atomic E-state index is 13.2. The molecule has 0 aliphatic carbocycles. The van der Waals surface area contributed by atoms with Crippen molar-refractivity contribution in [2.75, 3.05) is 11.4 Å². The van der Waals surface area contributed by atoms with Crippen LogP contribution in [-0.2, 0) is 10.0 Å². The summed E-state index contributed by atoms with van der Waals surface area (Å²) in [5.74, 6) is -0.316. The summed E-state index contributed by atoms with van der Waals surface area (Å²) in [4.78, 5) is 13.0. The number of carbonyl (C=O) groups excluding carboxylic acids is 1. The molecule has 0 spiro atoms. The SMILES string of the molecule is Cc1ccc(C)c([C@H](C)NC(=O)c2cccc(S(=O)(=O)N(C)c3ccccc3C)c2)c1. The summed E-state index contributed by atoms with van der Waals surface area (Å²) < 4.78 is 27.6. The van der Waals surface area contributed by atoms with Crippen LogP contribution in [0.1, 0.15) is 45.6 Å². The van der Waals surface area contributed by atoms with Crippen molar-refractivity contribution >= 4 is 21.6 Å². The van der Waals surface area contributed by atoms with E-state index in [1.54, 1.807) is 24.3 Å². The highest BCUT2D eigenvalue weighted by atomic mass is 32.2. The van der Waals surface area contributed by atoms with Gasteiger partial charge in [-0.2, -0.15) is 0 Å². The zero-order valence-corrected chi connectivity index (χ0v) is 19.3. The molecule has 0 aliphatic rings. The number of hydrogen-bond acceptors (Lipinski definition) is 3. The van der Waals surface area contributed by atoms with Crippen LogP contribution in [0.3, 0.4) is 0 Å². The quantitative estimate of drug-likeness (QED) is 0.596. The van der Waals surface area contributed by atoms with E-state index in [-0.39, 0.29) is 16.8 Å². The lowest BCUT2D eigenvalue weighted by atomic mass is 10.00. The van der Waals surface area contributed by atoms with Crippen molar-refractivity contribution < 1.29 is 13.2 Å². The highest BCUT2D eigenvalue weighted by molar-refractivity contribution is 7.92. The van der Waals surface area contributed by atoms with Gasteiger partial charge in [0.1, 0.15) is 0 Å². The Morgan fingerprint density at radius 1 is 0.903 bits per heavy atom. The zero-order chi connectivity index (χ0) is 22.8. The Balaban J connectivity index is 1.86. The summed E-state index contributed by atoms with van der Waals surface area (Å²) >= 11 is 0. The topological polar surface area (TPSA) is 66.5 Å². The summed E-state index contributed by atoms with van der Waals surface area (Å²) in [5, 5.41) is 2.98. The highest BCUT2D eigenvalue weighted by Crippen LogP contribution is 2.26. The van der Waals surface area contributed by atoms with Gasteiger partial charge in [-0.3, -0.25) is 9.10 Å². The first-order valence-corrected chi connectivity index (χ1v) is 11.6. The number of nitrogens with zero attached hydrogens (tertiary/aromatic N) is 1. The third-order valence-electron chi connectivity index (χ3n) is 5.46. The van der Waals surface area contributed by atoms with Gasteiger partial charge in [-0.05, 0) is 68.7 Å². The minimum absolute atomic E-state index is 0.0743. The van der Waals surface area contributed by atoms with Crippen molar-refractivity contribution in [2.45, 2.75) is 38.6 Å². The Hall–Kier alpha value is -3.12. The molecule has 5 nitrogen and oxygen atoms in total. The minimum Gasteiger partial charge on any atom is -0.346 e. The monoisotopic (exact) mass is 436 g/mol. The maximum absolute atomic E-state index is 13.2. The first-order chi connectivity index (χ1) is 14.6. The molecular formula is C25H28N2O3S. The molecule has 1 atom stereocenters. The predicted molar refractivity (Wildman–Crippen MR) is 125 cm³/mol. The number of para-hydroxylation sites is 1. The second kappa shape index (κ2) is 8.94. The normalized spacial score (nSPS) is 12.3. The van der Waals surface area contributed by atoms with Gasteiger partial charge in [-0.1, -0.05) is 48.0 Å². The largest absolute Gasteiger partial charge is 0.346 e. The fourth-order valence-corrected chi connectivity index (χ4v) is 4.89. The van der Waals surface area contributed by atoms with Gasteiger partial charge in [-0.15, -0.1) is 0 Å². The number of aryl methyl sites for hydroxylation is 3. The molecule has 0 aromatic heterocycles. The molecule has 3 aromatic carbocycles. The molecular weight excluding hydrogens is 408 g/mol. The van der Waals surface area contributed by atoms with Crippen LogP contribution in [0.5, 0.6) is 0 Å². The predicted octanol–water partition coefficient (Wildman–Crippen LogP) is 4.93. The maximum Gasteiger partial charge on any atom is 0.264 e. The van der Waals surface area contributed by atoms with Gasteiger partial charge < -0.3 is 5.32 Å². The highest BCUT2D eigenvalue weighted by Gasteiger charge is 2.24. The Kier molecular flexibility index (Phi) is 6.51. The number of anilines is 1. The smallest absolute Gasteiger partial charge is 0.264 e. The first kappa shape index (κ1) is 22.6. The average Bonchev–Trinajstić information content (AvgIpc) is 2.75. The van der Waals surface area contributed by atoms with Crippen LogP contribution >= 0.6 is 0 Å². The van der Waals surface area contributed by atoms with Crippen LogP contribution in [0.25, 0.3) is 0 Å². The summed E-state index contributed by atoms with van der Waals surface area (Å²) in [6.07, 6.45) is 0. The Labute approximate surface area is 184 Å². The Morgan fingerprint density at radius 2 is 1.61 bits per heavy atom. The van der Waals surface area contributed by atoms with Crippen LogP contribution in [0, 0.1) is 20.8 Å². The third kappa shape index (κ3) is 4.80. The molecule has 3 aromatic rings.